The summed E-state index contributed by atoms with van der Waals surface area (Å²) >= 11 is 7.74. The van der Waals surface area contributed by atoms with Gasteiger partial charge in [0.15, 0.2) is 0 Å². The molecule has 3 nitrogen and oxygen atoms in total. The molecule has 5 heteroatoms. The van der Waals surface area contributed by atoms with Crippen LogP contribution in [0.25, 0.3) is 0 Å². The molecule has 1 heterocycles. The Balaban J connectivity index is 1.77. The summed E-state index contributed by atoms with van der Waals surface area (Å²) in [5.74, 6) is 0.941. The molecule has 0 aromatic heterocycles. The molecule has 0 spiro atoms. The van der Waals surface area contributed by atoms with Crippen LogP contribution in [0, 0.1) is 0 Å². The molecular weight excluding hydrogens is 328 g/mol. The van der Waals surface area contributed by atoms with E-state index in [1.165, 1.54) is 0 Å². The maximum absolute atomic E-state index is 12.7. The second-order valence-corrected chi connectivity index (χ2v) is 7.03. The number of nitrogens with one attached hydrogen (secondary N) is 1. The van der Waals surface area contributed by atoms with Crippen LogP contribution < -0.4 is 5.32 Å². The van der Waals surface area contributed by atoms with E-state index >= 15 is 0 Å². The molecule has 0 aliphatic carbocycles. The predicted octanol–water partition coefficient (Wildman–Crippen LogP) is 5.18. The van der Waals surface area contributed by atoms with Gasteiger partial charge in [-0.3, -0.25) is 0 Å². The number of thioether (sulfide) groups is 1. The molecule has 120 valence electrons. The van der Waals surface area contributed by atoms with Crippen LogP contribution >= 0.6 is 23.4 Å². The van der Waals surface area contributed by atoms with E-state index < -0.39 is 0 Å². The highest BCUT2D eigenvalue weighted by Crippen LogP contribution is 2.38. The quantitative estimate of drug-likeness (QED) is 0.830. The van der Waals surface area contributed by atoms with Crippen molar-refractivity contribution in [2.24, 2.45) is 0 Å². The van der Waals surface area contributed by atoms with Gasteiger partial charge < -0.3 is 10.2 Å². The van der Waals surface area contributed by atoms with E-state index in [4.69, 9.17) is 11.6 Å². The van der Waals surface area contributed by atoms with E-state index in [0.29, 0.717) is 5.02 Å². The van der Waals surface area contributed by atoms with E-state index in [1.807, 2.05) is 53.4 Å². The highest BCUT2D eigenvalue weighted by atomic mass is 35.5. The van der Waals surface area contributed by atoms with Crippen molar-refractivity contribution in [1.82, 2.24) is 4.90 Å². The summed E-state index contributed by atoms with van der Waals surface area (Å²) in [7, 11) is 0. The lowest BCUT2D eigenvalue weighted by atomic mass is 10.1. The van der Waals surface area contributed by atoms with Gasteiger partial charge in [-0.05, 0) is 35.7 Å². The molecule has 0 radical (unpaired) electrons. The van der Waals surface area contributed by atoms with E-state index in [-0.39, 0.29) is 11.4 Å². The zero-order chi connectivity index (χ0) is 16.2. The number of amides is 2. The smallest absolute Gasteiger partial charge is 0.308 e. The lowest BCUT2D eigenvalue weighted by Gasteiger charge is -2.25. The monoisotopic (exact) mass is 346 g/mol. The number of nitrogens with zero attached hydrogens (tertiary/aromatic N) is 1. The Bertz CT molecular complexity index is 690. The van der Waals surface area contributed by atoms with Gasteiger partial charge in [0.1, 0.15) is 5.37 Å². The molecular formula is C18H19ClN2OS. The number of aryl methyl sites for hydroxylation is 1. The number of hydrogen-bond acceptors (Lipinski definition) is 2. The number of urea groups is 1. The molecule has 3 rings (SSSR count). The standard InChI is InChI=1S/C18H19ClN2OS/c1-2-13-5-3-4-6-16(13)20-18(22)21-11-12-23-17(21)14-7-9-15(19)10-8-14/h3-10,17H,2,11-12H2,1H3,(H,20,22). The van der Waals surface area contributed by atoms with Gasteiger partial charge in [0.05, 0.1) is 0 Å². The number of benzene rings is 2. The number of para-hydroxylation sites is 1. The zero-order valence-corrected chi connectivity index (χ0v) is 14.5. The maximum Gasteiger partial charge on any atom is 0.323 e. The highest BCUT2D eigenvalue weighted by Gasteiger charge is 2.30. The normalized spacial score (nSPS) is 17.3. The first-order chi connectivity index (χ1) is 11.2. The average molecular weight is 347 g/mol. The fourth-order valence-electron chi connectivity index (χ4n) is 2.72. The Kier molecular flexibility index (Phi) is 5.13. The van der Waals surface area contributed by atoms with E-state index in [1.54, 1.807) is 11.8 Å². The Morgan fingerprint density at radius 2 is 2.00 bits per heavy atom. The Morgan fingerprint density at radius 1 is 1.26 bits per heavy atom. The predicted molar refractivity (Wildman–Crippen MR) is 98.2 cm³/mol. The topological polar surface area (TPSA) is 32.3 Å². The molecule has 1 aliphatic heterocycles. The minimum atomic E-state index is -0.0455. The van der Waals surface area contributed by atoms with Gasteiger partial charge in [-0.25, -0.2) is 4.79 Å². The third-order valence-corrected chi connectivity index (χ3v) is 5.46. The zero-order valence-electron chi connectivity index (χ0n) is 13.0. The molecule has 23 heavy (non-hydrogen) atoms. The third kappa shape index (κ3) is 3.65. The fraction of sp³-hybridized carbons (Fsp3) is 0.278. The van der Waals surface area contributed by atoms with Crippen LogP contribution in [0.5, 0.6) is 0 Å². The number of rotatable bonds is 3. The van der Waals surface area contributed by atoms with Crippen LogP contribution in [0.15, 0.2) is 48.5 Å². The van der Waals surface area contributed by atoms with Crippen LogP contribution in [0.1, 0.15) is 23.4 Å². The van der Waals surface area contributed by atoms with Gasteiger partial charge in [0.2, 0.25) is 0 Å². The Hall–Kier alpha value is -1.65. The van der Waals surface area contributed by atoms with Crippen LogP contribution in [0.3, 0.4) is 0 Å². The lowest BCUT2D eigenvalue weighted by Crippen LogP contribution is -2.34. The molecule has 1 aliphatic rings. The van der Waals surface area contributed by atoms with Crippen molar-refractivity contribution in [2.75, 3.05) is 17.6 Å². The molecule has 2 amide bonds. The first kappa shape index (κ1) is 16.2. The minimum Gasteiger partial charge on any atom is -0.308 e. The van der Waals surface area contributed by atoms with Crippen molar-refractivity contribution < 1.29 is 4.79 Å². The van der Waals surface area contributed by atoms with Gasteiger partial charge in [0.25, 0.3) is 0 Å². The molecule has 1 unspecified atom stereocenters. The van der Waals surface area contributed by atoms with E-state index in [2.05, 4.69) is 12.2 Å². The lowest BCUT2D eigenvalue weighted by molar-refractivity contribution is 0.214. The highest BCUT2D eigenvalue weighted by molar-refractivity contribution is 7.99. The molecule has 1 fully saturated rings. The Labute approximate surface area is 146 Å². The van der Waals surface area contributed by atoms with Crippen molar-refractivity contribution in [3.05, 3.63) is 64.7 Å². The second-order valence-electron chi connectivity index (χ2n) is 5.41. The summed E-state index contributed by atoms with van der Waals surface area (Å²) < 4.78 is 0. The van der Waals surface area contributed by atoms with Gasteiger partial charge in [0, 0.05) is 23.0 Å². The average Bonchev–Trinajstić information content (AvgIpc) is 3.06. The number of carbonyl (C=O) groups excluding carboxylic acids is 1. The van der Waals surface area contributed by atoms with E-state index in [9.17, 15) is 4.79 Å². The first-order valence-corrected chi connectivity index (χ1v) is 9.14. The summed E-state index contributed by atoms with van der Waals surface area (Å²) in [6, 6.07) is 15.6. The number of halogens is 1. The molecule has 1 atom stereocenters. The Morgan fingerprint density at radius 3 is 2.74 bits per heavy atom. The van der Waals surface area contributed by atoms with Crippen molar-refractivity contribution in [3.63, 3.8) is 0 Å². The SMILES string of the molecule is CCc1ccccc1NC(=O)N1CCSC1c1ccc(Cl)cc1. The maximum atomic E-state index is 12.7. The van der Waals surface area contributed by atoms with Gasteiger partial charge in [-0.1, -0.05) is 48.9 Å². The van der Waals surface area contributed by atoms with Crippen LogP contribution in [-0.4, -0.2) is 23.2 Å². The fourth-order valence-corrected chi connectivity index (χ4v) is 4.10. The van der Waals surface area contributed by atoms with Crippen LogP contribution in [0.2, 0.25) is 5.02 Å². The molecule has 0 saturated carbocycles. The van der Waals surface area contributed by atoms with Crippen molar-refractivity contribution in [3.8, 4) is 0 Å². The molecule has 2 aromatic rings. The van der Waals surface area contributed by atoms with Crippen molar-refractivity contribution >= 4 is 35.1 Å². The molecule has 2 aromatic carbocycles. The third-order valence-electron chi connectivity index (χ3n) is 3.95. The summed E-state index contributed by atoms with van der Waals surface area (Å²) in [6.07, 6.45) is 0.895. The van der Waals surface area contributed by atoms with Crippen LogP contribution in [-0.2, 0) is 6.42 Å². The second kappa shape index (κ2) is 7.28. The summed E-state index contributed by atoms with van der Waals surface area (Å²) in [5.41, 5.74) is 3.15. The molecule has 1 saturated heterocycles. The summed E-state index contributed by atoms with van der Waals surface area (Å²) in [4.78, 5) is 14.6. The van der Waals surface area contributed by atoms with Crippen molar-refractivity contribution in [2.45, 2.75) is 18.7 Å². The number of carbonyl (C=O) groups is 1. The minimum absolute atomic E-state index is 0.0426. The van der Waals surface area contributed by atoms with Gasteiger partial charge >= 0.3 is 6.03 Å². The van der Waals surface area contributed by atoms with Crippen LogP contribution in [0.4, 0.5) is 10.5 Å². The molecule has 0 bridgehead atoms. The molecule has 1 N–H and O–H groups in total. The number of anilines is 1. The largest absolute Gasteiger partial charge is 0.323 e. The summed E-state index contributed by atoms with van der Waals surface area (Å²) in [6.45, 7) is 2.84. The van der Waals surface area contributed by atoms with E-state index in [0.717, 1.165) is 35.5 Å². The van der Waals surface area contributed by atoms with Gasteiger partial charge in [-0.15, -0.1) is 11.8 Å². The first-order valence-electron chi connectivity index (χ1n) is 7.71. The van der Waals surface area contributed by atoms with Gasteiger partial charge in [-0.2, -0.15) is 0 Å². The van der Waals surface area contributed by atoms with Crippen molar-refractivity contribution in [1.29, 1.82) is 0 Å². The number of hydrogen-bond donors (Lipinski definition) is 1. The summed E-state index contributed by atoms with van der Waals surface area (Å²) in [5, 5.41) is 3.82.